The van der Waals surface area contributed by atoms with Crippen LogP contribution in [0.1, 0.15) is 63.8 Å². The summed E-state index contributed by atoms with van der Waals surface area (Å²) < 4.78 is 13.7. The summed E-state index contributed by atoms with van der Waals surface area (Å²) in [5, 5.41) is 25.0. The highest BCUT2D eigenvalue weighted by Crippen LogP contribution is 2.37. The lowest BCUT2D eigenvalue weighted by Crippen LogP contribution is -2.26. The van der Waals surface area contributed by atoms with Gasteiger partial charge in [0.2, 0.25) is 0 Å². The number of nitro groups is 2. The van der Waals surface area contributed by atoms with Gasteiger partial charge in [0.1, 0.15) is 0 Å². The van der Waals surface area contributed by atoms with E-state index in [-0.39, 0.29) is 22.2 Å². The standard InChI is InChI=1S/C29H37N2O4P.C22H19N.2C6H3Br2NO2/c1-28(2,3)18-20-7-11-22(12-8-20)24-15-16-25(26(17-24)30-27(32)31-36(33,34)35)23-13-9-21(10-14-23)19-29(4,5)6;1-3-16-5-9-18(10-6-16)20-13-14-21(22(23)15-20)19-11-7-17(4-2)8-12-19;2*7-4-1-2-5(8)6(3-4)9(10)11/h7-17H,18-19H2,1-6H3,(H4,30,31,32,33,34,35);3-15H,1-2,23H2;2*1-3H. The normalized spacial score (nSPS) is 11.0. The summed E-state index contributed by atoms with van der Waals surface area (Å²) >= 11 is 12.4. The van der Waals surface area contributed by atoms with Crippen molar-refractivity contribution in [3.8, 4) is 44.5 Å². The fourth-order valence-electron chi connectivity index (χ4n) is 8.07. The molecule has 0 saturated heterocycles. The molecular weight excluding hydrogens is 1310 g/mol. The van der Waals surface area contributed by atoms with E-state index < -0.39 is 23.6 Å². The van der Waals surface area contributed by atoms with Gasteiger partial charge in [0.25, 0.3) is 11.4 Å². The van der Waals surface area contributed by atoms with E-state index in [1.807, 2.05) is 60.7 Å². The number of hydrogen-bond donors (Lipinski definition) is 5. The number of nitrogens with one attached hydrogen (secondary N) is 2. The lowest BCUT2D eigenvalue weighted by Gasteiger charge is -2.19. The number of urea groups is 1. The number of carbonyl (C=O) groups is 1. The van der Waals surface area contributed by atoms with Crippen LogP contribution in [0.5, 0.6) is 0 Å². The van der Waals surface area contributed by atoms with E-state index in [9.17, 15) is 29.6 Å². The van der Waals surface area contributed by atoms with Crippen molar-refractivity contribution < 1.29 is 29.0 Å². The van der Waals surface area contributed by atoms with Crippen LogP contribution in [0, 0.1) is 31.1 Å². The lowest BCUT2D eigenvalue weighted by molar-refractivity contribution is -0.385. The first kappa shape index (κ1) is 65.0. The fourth-order valence-corrected chi connectivity index (χ4v) is 9.87. The molecule has 8 aromatic carbocycles. The van der Waals surface area contributed by atoms with E-state index in [2.05, 4.69) is 209 Å². The molecule has 0 bridgehead atoms. The molecule has 420 valence electrons. The van der Waals surface area contributed by atoms with E-state index in [1.54, 1.807) is 29.4 Å². The first-order valence-corrected chi connectivity index (χ1v) is 29.8. The van der Waals surface area contributed by atoms with Crippen LogP contribution in [0.4, 0.5) is 27.5 Å². The van der Waals surface area contributed by atoms with Crippen molar-refractivity contribution >= 4 is 112 Å². The van der Waals surface area contributed by atoms with Gasteiger partial charge >= 0.3 is 13.8 Å². The van der Waals surface area contributed by atoms with Gasteiger partial charge in [-0.1, -0.05) is 220 Å². The summed E-state index contributed by atoms with van der Waals surface area (Å²) in [6.07, 6.45) is 5.58. The maximum absolute atomic E-state index is 12.3. The summed E-state index contributed by atoms with van der Waals surface area (Å²) in [4.78, 5) is 50.4. The van der Waals surface area contributed by atoms with Crippen molar-refractivity contribution in [3.63, 3.8) is 0 Å². The Labute approximate surface area is 506 Å². The van der Waals surface area contributed by atoms with Crippen LogP contribution >= 0.6 is 71.5 Å². The minimum absolute atomic E-state index is 0.0689. The zero-order chi connectivity index (χ0) is 59.8. The molecule has 0 radical (unpaired) electrons. The third-order valence-corrected chi connectivity index (χ3v) is 14.6. The number of nitrogens with two attached hydrogens (primary N) is 1. The molecule has 8 rings (SSSR count). The summed E-state index contributed by atoms with van der Waals surface area (Å²) in [6.45, 7) is 20.7. The second-order valence-electron chi connectivity index (χ2n) is 20.9. The van der Waals surface area contributed by atoms with Crippen LogP contribution in [-0.4, -0.2) is 25.7 Å². The molecule has 0 unspecified atom stereocenters. The molecule has 0 aliphatic carbocycles. The van der Waals surface area contributed by atoms with Gasteiger partial charge in [0, 0.05) is 37.9 Å². The number of hydrogen-bond acceptors (Lipinski definition) is 7. The van der Waals surface area contributed by atoms with Crippen LogP contribution in [0.15, 0.2) is 201 Å². The zero-order valence-corrected chi connectivity index (χ0v) is 52.7. The lowest BCUT2D eigenvalue weighted by atomic mass is 9.87. The Morgan fingerprint density at radius 3 is 1.27 bits per heavy atom. The highest BCUT2D eigenvalue weighted by molar-refractivity contribution is 9.11. The molecule has 8 aromatic rings. The molecule has 6 N–H and O–H groups in total. The van der Waals surface area contributed by atoms with Crippen molar-refractivity contribution in [2.45, 2.75) is 54.4 Å². The van der Waals surface area contributed by atoms with Gasteiger partial charge in [-0.3, -0.25) is 20.2 Å². The number of rotatable bonds is 12. The van der Waals surface area contributed by atoms with Gasteiger partial charge in [0.15, 0.2) is 0 Å². The van der Waals surface area contributed by atoms with Crippen LogP contribution in [0.2, 0.25) is 0 Å². The number of carbonyl (C=O) groups excluding carboxylic acids is 1. The maximum Gasteiger partial charge on any atom is 0.431 e. The van der Waals surface area contributed by atoms with Crippen molar-refractivity contribution in [3.05, 3.63) is 243 Å². The number of amides is 2. The van der Waals surface area contributed by atoms with Crippen LogP contribution in [-0.2, 0) is 17.4 Å². The van der Waals surface area contributed by atoms with Gasteiger partial charge < -0.3 is 20.8 Å². The number of halogens is 4. The Morgan fingerprint density at radius 2 is 0.901 bits per heavy atom. The van der Waals surface area contributed by atoms with Crippen LogP contribution in [0.3, 0.4) is 0 Å². The quantitative estimate of drug-likeness (QED) is 0.0340. The molecule has 2 amide bonds. The molecule has 0 heterocycles. The summed E-state index contributed by atoms with van der Waals surface area (Å²) in [5.41, 5.74) is 20.6. The average Bonchev–Trinajstić information content (AvgIpc) is 3.43. The van der Waals surface area contributed by atoms with E-state index in [0.29, 0.717) is 23.6 Å². The topological polar surface area (TPSA) is 211 Å². The van der Waals surface area contributed by atoms with Crippen LogP contribution < -0.4 is 16.1 Å². The Kier molecular flexibility index (Phi) is 23.5. The highest BCUT2D eigenvalue weighted by atomic mass is 79.9. The molecule has 0 aliphatic rings. The smallest absolute Gasteiger partial charge is 0.398 e. The van der Waals surface area contributed by atoms with E-state index in [4.69, 9.17) is 15.5 Å². The van der Waals surface area contributed by atoms with Gasteiger partial charge in [-0.05, 0) is 148 Å². The number of anilines is 2. The highest BCUT2D eigenvalue weighted by Gasteiger charge is 2.20. The molecule has 18 heteroatoms. The largest absolute Gasteiger partial charge is 0.431 e. The fraction of sp³-hybridized carbons (Fsp3) is 0.159. The molecule has 0 atom stereocenters. The summed E-state index contributed by atoms with van der Waals surface area (Å²) in [7, 11) is -4.73. The number of nitrogens with zero attached hydrogens (tertiary/aromatic N) is 2. The maximum atomic E-state index is 12.3. The second-order valence-corrected chi connectivity index (χ2v) is 25.8. The van der Waals surface area contributed by atoms with Gasteiger partial charge in [-0.15, -0.1) is 0 Å². The van der Waals surface area contributed by atoms with Crippen molar-refractivity contribution in [2.75, 3.05) is 11.1 Å². The van der Waals surface area contributed by atoms with Gasteiger partial charge in [-0.2, -0.15) is 0 Å². The molecular formula is C63H62Br4N5O8P. The monoisotopic (exact) mass is 1360 g/mol. The molecule has 0 fully saturated rings. The zero-order valence-electron chi connectivity index (χ0n) is 45.4. The van der Waals surface area contributed by atoms with Crippen molar-refractivity contribution in [2.24, 2.45) is 10.8 Å². The predicted octanol–water partition coefficient (Wildman–Crippen LogP) is 19.5. The molecule has 13 nitrogen and oxygen atoms in total. The Morgan fingerprint density at radius 1 is 0.543 bits per heavy atom. The Balaban J connectivity index is 0.000000225. The Hall–Kier alpha value is -6.82. The Bertz CT molecular complexity index is 3500. The summed E-state index contributed by atoms with van der Waals surface area (Å²) in [6, 6.07) is 53.6. The predicted molar refractivity (Wildman–Crippen MR) is 347 cm³/mol. The molecule has 0 aromatic heterocycles. The minimum atomic E-state index is -4.73. The number of nitrogen functional groups attached to an aromatic ring is 1. The SMILES string of the molecule is C=Cc1ccc(-c2ccc(-c3ccc(C=C)cc3)c(N)c2)cc1.CC(C)(C)Cc1ccc(-c2ccc(-c3ccc(CC(C)(C)C)cc3)c(NC(=O)NP(=O)(O)O)c2)cc1.O=[N+]([O-])c1cc(Br)ccc1Br.O=[N+]([O-])c1cc(Br)ccc1Br. The first-order valence-electron chi connectivity index (χ1n) is 25.0. The average molecular weight is 1370 g/mol. The third kappa shape index (κ3) is 21.2. The van der Waals surface area contributed by atoms with Crippen molar-refractivity contribution in [1.82, 2.24) is 5.09 Å². The van der Waals surface area contributed by atoms with E-state index in [0.717, 1.165) is 74.2 Å². The van der Waals surface area contributed by atoms with Crippen molar-refractivity contribution in [1.29, 1.82) is 0 Å². The number of benzene rings is 8. The molecule has 0 aliphatic heterocycles. The minimum Gasteiger partial charge on any atom is -0.398 e. The second kappa shape index (κ2) is 29.2. The molecule has 0 spiro atoms. The van der Waals surface area contributed by atoms with Gasteiger partial charge in [-0.25, -0.2) is 14.4 Å². The van der Waals surface area contributed by atoms with Gasteiger partial charge in [0.05, 0.1) is 24.5 Å². The van der Waals surface area contributed by atoms with E-state index >= 15 is 0 Å². The molecule has 81 heavy (non-hydrogen) atoms. The first-order chi connectivity index (χ1) is 38.0. The summed E-state index contributed by atoms with van der Waals surface area (Å²) in [5.74, 6) is 0. The van der Waals surface area contributed by atoms with Crippen LogP contribution in [0.25, 0.3) is 56.7 Å². The third-order valence-electron chi connectivity index (χ3n) is 11.7. The van der Waals surface area contributed by atoms with E-state index in [1.165, 1.54) is 23.3 Å². The number of nitro benzene ring substituents is 2. The molecule has 0 saturated carbocycles.